The first-order valence-corrected chi connectivity index (χ1v) is 10.5. The fourth-order valence-electron chi connectivity index (χ4n) is 3.45. The molecule has 3 heterocycles. The summed E-state index contributed by atoms with van der Waals surface area (Å²) >= 11 is 6.35. The largest absolute Gasteiger partial charge is 0.364 e. The van der Waals surface area contributed by atoms with Crippen molar-refractivity contribution in [1.29, 1.82) is 0 Å². The lowest BCUT2D eigenvalue weighted by Gasteiger charge is -2.16. The molecule has 0 unspecified atom stereocenters. The van der Waals surface area contributed by atoms with Crippen LogP contribution >= 0.6 is 11.6 Å². The number of hydrogen-bond acceptors (Lipinski definition) is 7. The van der Waals surface area contributed by atoms with E-state index in [1.807, 2.05) is 0 Å². The first kappa shape index (κ1) is 20.9. The topological polar surface area (TPSA) is 113 Å². The molecule has 0 spiro atoms. The van der Waals surface area contributed by atoms with E-state index in [1.54, 1.807) is 19.3 Å². The molecule has 5 aromatic rings. The summed E-state index contributed by atoms with van der Waals surface area (Å²) in [5.41, 5.74) is -2.80. The number of nitrogens with zero attached hydrogens (tertiary/aromatic N) is 6. The number of rotatable bonds is 6. The first-order chi connectivity index (χ1) is 18.0. The van der Waals surface area contributed by atoms with Gasteiger partial charge in [-0.15, -0.1) is 0 Å². The van der Waals surface area contributed by atoms with Crippen LogP contribution in [0.2, 0.25) is 5.02 Å². The van der Waals surface area contributed by atoms with Gasteiger partial charge in [0.15, 0.2) is 11.6 Å². The average molecular weight is 520 g/mol. The van der Waals surface area contributed by atoms with E-state index in [4.69, 9.17) is 14.3 Å². The zero-order valence-corrected chi connectivity index (χ0v) is 18.9. The highest BCUT2D eigenvalue weighted by Crippen LogP contribution is 2.29. The summed E-state index contributed by atoms with van der Waals surface area (Å²) in [5.74, 6) is -4.48. The van der Waals surface area contributed by atoms with Crippen molar-refractivity contribution in [2.45, 2.75) is 13.0 Å². The molecule has 0 aliphatic rings. The quantitative estimate of drug-likeness (QED) is 0.343. The lowest BCUT2D eigenvalue weighted by molar-refractivity contribution is 0.407. The van der Waals surface area contributed by atoms with Crippen LogP contribution in [0.25, 0.3) is 10.9 Å². The Morgan fingerprint density at radius 1 is 1.11 bits per heavy atom. The Morgan fingerprint density at radius 2 is 1.89 bits per heavy atom. The molecule has 0 fully saturated rings. The summed E-state index contributed by atoms with van der Waals surface area (Å²) in [6.45, 7) is -3.60. The maximum absolute atomic E-state index is 14.5. The molecule has 0 saturated carbocycles. The van der Waals surface area contributed by atoms with Gasteiger partial charge in [0.1, 0.15) is 17.8 Å². The van der Waals surface area contributed by atoms with Crippen LogP contribution in [0.4, 0.5) is 24.8 Å². The second kappa shape index (κ2) is 9.00. The lowest BCUT2D eigenvalue weighted by atomic mass is 10.2. The van der Waals surface area contributed by atoms with Crippen LogP contribution < -0.4 is 16.7 Å². The van der Waals surface area contributed by atoms with Crippen molar-refractivity contribution in [3.8, 4) is 0 Å². The zero-order chi connectivity index (χ0) is 27.4. The normalized spacial score (nSPS) is 12.6. The predicted octanol–water partition coefficient (Wildman–Crippen LogP) is 3.19. The summed E-state index contributed by atoms with van der Waals surface area (Å²) in [5, 5.41) is 11.2. The molecule has 0 aliphatic heterocycles. The summed E-state index contributed by atoms with van der Waals surface area (Å²) in [6, 6.07) is 5.01. The molecule has 0 bridgehead atoms. The SMILES string of the molecule is [2H]C([2H])(c1ccon1)n1c(=O)nc(Nc2cc3cn(C)nc3cc2Cl)n(Cc2cc(F)c(F)cc2F)c1=O. The molecule has 184 valence electrons. The molecule has 36 heavy (non-hydrogen) atoms. The van der Waals surface area contributed by atoms with E-state index in [0.29, 0.717) is 27.6 Å². The van der Waals surface area contributed by atoms with Crippen LogP contribution in [-0.2, 0) is 20.1 Å². The smallest absolute Gasteiger partial charge is 0.355 e. The molecule has 0 atom stereocenters. The van der Waals surface area contributed by atoms with Crippen LogP contribution in [0.15, 0.2) is 56.9 Å². The molecule has 0 amide bonds. The number of aryl methyl sites for hydroxylation is 1. The maximum Gasteiger partial charge on any atom is 0.355 e. The molecule has 14 heteroatoms. The molecular formula is C22H15ClF3N7O3. The maximum atomic E-state index is 14.5. The van der Waals surface area contributed by atoms with Crippen molar-refractivity contribution in [3.05, 3.63) is 97.5 Å². The molecule has 2 aromatic carbocycles. The molecule has 0 radical (unpaired) electrons. The number of anilines is 2. The first-order valence-electron chi connectivity index (χ1n) is 11.1. The van der Waals surface area contributed by atoms with Crippen molar-refractivity contribution in [2.24, 2.45) is 7.05 Å². The Kier molecular flexibility index (Phi) is 5.23. The van der Waals surface area contributed by atoms with Gasteiger partial charge in [-0.25, -0.2) is 27.3 Å². The Morgan fingerprint density at radius 3 is 2.64 bits per heavy atom. The zero-order valence-electron chi connectivity index (χ0n) is 20.2. The van der Waals surface area contributed by atoms with Gasteiger partial charge in [0.25, 0.3) is 0 Å². The third-order valence-electron chi connectivity index (χ3n) is 5.11. The molecule has 5 rings (SSSR count). The summed E-state index contributed by atoms with van der Waals surface area (Å²) in [7, 11) is 1.69. The van der Waals surface area contributed by atoms with Gasteiger partial charge in [-0.1, -0.05) is 16.8 Å². The second-order valence-electron chi connectivity index (χ2n) is 7.59. The van der Waals surface area contributed by atoms with Crippen LogP contribution in [0.1, 0.15) is 14.0 Å². The second-order valence-corrected chi connectivity index (χ2v) is 8.00. The number of aromatic nitrogens is 6. The fraction of sp³-hybridized carbons (Fsp3) is 0.136. The van der Waals surface area contributed by atoms with Crippen LogP contribution in [0.5, 0.6) is 0 Å². The standard InChI is InChI=1S/C22H15ClF3N7O3/c1-31-8-12-5-19(14(23)6-18(12)29-31)27-20-28-21(34)33(10-13-2-3-36-30-13)22(35)32(20)9-11-4-16(25)17(26)7-15(11)24/h2-8H,9-10H2,1H3,(H,27,28,34)/i10D2. The molecule has 1 N–H and O–H groups in total. The van der Waals surface area contributed by atoms with E-state index >= 15 is 0 Å². The van der Waals surface area contributed by atoms with E-state index in [2.05, 4.69) is 25.1 Å². The lowest BCUT2D eigenvalue weighted by Crippen LogP contribution is -2.43. The number of halogens is 4. The Labute approximate surface area is 207 Å². The minimum Gasteiger partial charge on any atom is -0.364 e. The highest BCUT2D eigenvalue weighted by Gasteiger charge is 2.19. The van der Waals surface area contributed by atoms with E-state index in [0.717, 1.165) is 12.3 Å². The molecule has 10 nitrogen and oxygen atoms in total. The Balaban J connectivity index is 1.71. The van der Waals surface area contributed by atoms with Gasteiger partial charge >= 0.3 is 11.4 Å². The van der Waals surface area contributed by atoms with Gasteiger partial charge in [-0.05, 0) is 18.2 Å². The van der Waals surface area contributed by atoms with Crippen LogP contribution in [-0.4, -0.2) is 29.1 Å². The summed E-state index contributed by atoms with van der Waals surface area (Å²) < 4.78 is 65.6. The van der Waals surface area contributed by atoms with Crippen LogP contribution in [0, 0.1) is 17.5 Å². The van der Waals surface area contributed by atoms with E-state index < -0.39 is 59.1 Å². The third-order valence-corrected chi connectivity index (χ3v) is 5.42. The van der Waals surface area contributed by atoms with Gasteiger partial charge in [0, 0.05) is 36.3 Å². The van der Waals surface area contributed by atoms with Gasteiger partial charge in [-0.3, -0.25) is 9.25 Å². The van der Waals surface area contributed by atoms with E-state index in [1.165, 1.54) is 10.7 Å². The predicted molar refractivity (Wildman–Crippen MR) is 123 cm³/mol. The number of nitrogens with one attached hydrogen (secondary N) is 1. The monoisotopic (exact) mass is 519 g/mol. The van der Waals surface area contributed by atoms with Crippen molar-refractivity contribution in [3.63, 3.8) is 0 Å². The summed E-state index contributed by atoms with van der Waals surface area (Å²) in [4.78, 5) is 30.2. The van der Waals surface area contributed by atoms with Gasteiger partial charge in [0.2, 0.25) is 5.95 Å². The molecular weight excluding hydrogens is 503 g/mol. The van der Waals surface area contributed by atoms with E-state index in [-0.39, 0.29) is 15.3 Å². The van der Waals surface area contributed by atoms with Gasteiger partial charge < -0.3 is 9.84 Å². The fourth-order valence-corrected chi connectivity index (χ4v) is 3.66. The molecule has 0 saturated heterocycles. The Bertz CT molecular complexity index is 1820. The van der Waals surface area contributed by atoms with Gasteiger partial charge in [0.05, 0.1) is 32.0 Å². The average Bonchev–Trinajstić information content (AvgIpc) is 3.49. The van der Waals surface area contributed by atoms with Crippen molar-refractivity contribution in [1.82, 2.24) is 29.1 Å². The minimum atomic E-state index is -2.84. The summed E-state index contributed by atoms with van der Waals surface area (Å²) in [6.07, 6.45) is 2.71. The number of hydrogen-bond donors (Lipinski definition) is 1. The third kappa shape index (κ3) is 4.35. The molecule has 3 aromatic heterocycles. The van der Waals surface area contributed by atoms with Crippen molar-refractivity contribution in [2.75, 3.05) is 5.32 Å². The van der Waals surface area contributed by atoms with Crippen LogP contribution in [0.3, 0.4) is 0 Å². The van der Waals surface area contributed by atoms with Crippen molar-refractivity contribution < 1.29 is 20.4 Å². The highest BCUT2D eigenvalue weighted by molar-refractivity contribution is 6.34. The van der Waals surface area contributed by atoms with Crippen molar-refractivity contribution >= 4 is 34.1 Å². The van der Waals surface area contributed by atoms with Gasteiger partial charge in [-0.2, -0.15) is 10.1 Å². The minimum absolute atomic E-state index is 0.123. The molecule has 0 aliphatic carbocycles. The number of benzene rings is 2. The van der Waals surface area contributed by atoms with E-state index in [9.17, 15) is 22.8 Å². The highest BCUT2D eigenvalue weighted by atomic mass is 35.5. The Hall–Kier alpha value is -4.39. The number of fused-ring (bicyclic) bond motifs is 1.